The van der Waals surface area contributed by atoms with E-state index in [2.05, 4.69) is 38.6 Å². The number of ether oxygens (including phenoxy) is 1. The van der Waals surface area contributed by atoms with E-state index in [9.17, 15) is 4.79 Å². The number of carbonyl (C=O) groups excluding carboxylic acids is 1. The number of hydrogen-bond acceptors (Lipinski definition) is 4. The smallest absolute Gasteiger partial charge is 0.319 e. The predicted molar refractivity (Wildman–Crippen MR) is 115 cm³/mol. The van der Waals surface area contributed by atoms with Crippen molar-refractivity contribution >= 4 is 23.1 Å². The van der Waals surface area contributed by atoms with Crippen molar-refractivity contribution in [2.24, 2.45) is 0 Å². The standard InChI is InChI=1S/C22H34N4O2/c27-22(23-18-9-15-28-16-10-18)24-20-17-19(25-11-3-1-4-12-25)7-8-21(20)26-13-5-2-6-14-26/h7-8,17-18H,1-6,9-16H2,(H2,23,24,27). The number of rotatable bonds is 4. The van der Waals surface area contributed by atoms with Crippen molar-refractivity contribution in [3.05, 3.63) is 18.2 Å². The summed E-state index contributed by atoms with van der Waals surface area (Å²) in [5.41, 5.74) is 3.32. The number of hydrogen-bond donors (Lipinski definition) is 2. The van der Waals surface area contributed by atoms with Gasteiger partial charge in [0, 0.05) is 51.1 Å². The van der Waals surface area contributed by atoms with E-state index in [-0.39, 0.29) is 12.1 Å². The lowest BCUT2D eigenvalue weighted by Gasteiger charge is -2.33. The maximum Gasteiger partial charge on any atom is 0.319 e. The molecule has 0 saturated carbocycles. The molecule has 0 aromatic heterocycles. The van der Waals surface area contributed by atoms with Gasteiger partial charge in [-0.1, -0.05) is 0 Å². The van der Waals surface area contributed by atoms with Crippen molar-refractivity contribution in [2.75, 3.05) is 54.5 Å². The second-order valence-electron chi connectivity index (χ2n) is 8.28. The maximum absolute atomic E-state index is 12.7. The Morgan fingerprint density at radius 1 is 0.893 bits per heavy atom. The van der Waals surface area contributed by atoms with Crippen molar-refractivity contribution in [2.45, 2.75) is 57.4 Å². The number of nitrogens with one attached hydrogen (secondary N) is 2. The Morgan fingerprint density at radius 3 is 2.21 bits per heavy atom. The molecule has 0 unspecified atom stereocenters. The molecule has 0 spiro atoms. The topological polar surface area (TPSA) is 56.8 Å². The van der Waals surface area contributed by atoms with Crippen molar-refractivity contribution in [1.82, 2.24) is 5.32 Å². The van der Waals surface area contributed by atoms with Crippen LogP contribution in [0.25, 0.3) is 0 Å². The minimum absolute atomic E-state index is 0.0963. The third-order valence-electron chi connectivity index (χ3n) is 6.20. The van der Waals surface area contributed by atoms with Crippen LogP contribution in [0.3, 0.4) is 0 Å². The van der Waals surface area contributed by atoms with Crippen molar-refractivity contribution in [1.29, 1.82) is 0 Å². The largest absolute Gasteiger partial charge is 0.381 e. The van der Waals surface area contributed by atoms with Gasteiger partial charge in [-0.25, -0.2) is 4.79 Å². The molecule has 3 aliphatic rings. The van der Waals surface area contributed by atoms with Crippen molar-refractivity contribution in [3.8, 4) is 0 Å². The van der Waals surface area contributed by atoms with Crippen LogP contribution in [0.4, 0.5) is 21.9 Å². The van der Waals surface area contributed by atoms with Gasteiger partial charge in [-0.3, -0.25) is 0 Å². The molecule has 1 aromatic rings. The summed E-state index contributed by atoms with van der Waals surface area (Å²) in [5.74, 6) is 0. The van der Waals surface area contributed by atoms with Crippen LogP contribution in [0, 0.1) is 0 Å². The molecule has 3 saturated heterocycles. The highest BCUT2D eigenvalue weighted by Crippen LogP contribution is 2.33. The zero-order valence-corrected chi connectivity index (χ0v) is 16.9. The number of urea groups is 1. The molecule has 2 N–H and O–H groups in total. The van der Waals surface area contributed by atoms with Crippen molar-refractivity contribution < 1.29 is 9.53 Å². The van der Waals surface area contributed by atoms with Crippen LogP contribution in [-0.4, -0.2) is 51.5 Å². The van der Waals surface area contributed by atoms with Crippen LogP contribution < -0.4 is 20.4 Å². The summed E-state index contributed by atoms with van der Waals surface area (Å²) in [7, 11) is 0. The van der Waals surface area contributed by atoms with Gasteiger partial charge < -0.3 is 25.2 Å². The van der Waals surface area contributed by atoms with Crippen molar-refractivity contribution in [3.63, 3.8) is 0 Å². The minimum Gasteiger partial charge on any atom is -0.381 e. The fourth-order valence-corrected chi connectivity index (χ4v) is 4.57. The zero-order valence-electron chi connectivity index (χ0n) is 16.9. The summed E-state index contributed by atoms with van der Waals surface area (Å²) in [4.78, 5) is 17.6. The molecule has 6 nitrogen and oxygen atoms in total. The Labute approximate surface area is 168 Å². The highest BCUT2D eigenvalue weighted by Gasteiger charge is 2.20. The lowest BCUT2D eigenvalue weighted by atomic mass is 10.1. The first-order valence-electron chi connectivity index (χ1n) is 11.1. The summed E-state index contributed by atoms with van der Waals surface area (Å²) < 4.78 is 5.40. The summed E-state index contributed by atoms with van der Waals surface area (Å²) in [6, 6.07) is 6.73. The molecule has 0 atom stereocenters. The predicted octanol–water partition coefficient (Wildman–Crippen LogP) is 3.97. The number of carbonyl (C=O) groups is 1. The van der Waals surface area contributed by atoms with Gasteiger partial charge in [-0.05, 0) is 69.6 Å². The van der Waals surface area contributed by atoms with Gasteiger partial charge >= 0.3 is 6.03 Å². The van der Waals surface area contributed by atoms with Crippen LogP contribution in [0.2, 0.25) is 0 Å². The second-order valence-corrected chi connectivity index (χ2v) is 8.28. The number of amides is 2. The van der Waals surface area contributed by atoms with E-state index in [1.807, 2.05) is 0 Å². The number of benzene rings is 1. The molecule has 0 bridgehead atoms. The molecule has 4 rings (SSSR count). The van der Waals surface area contributed by atoms with Crippen LogP contribution in [0.5, 0.6) is 0 Å². The molecular weight excluding hydrogens is 352 g/mol. The average molecular weight is 387 g/mol. The summed E-state index contributed by atoms with van der Waals surface area (Å²) in [6.07, 6.45) is 9.35. The van der Waals surface area contributed by atoms with E-state index in [0.29, 0.717) is 0 Å². The maximum atomic E-state index is 12.7. The number of anilines is 3. The summed E-state index contributed by atoms with van der Waals surface area (Å²) in [6.45, 7) is 5.81. The Kier molecular flexibility index (Phi) is 6.57. The third-order valence-corrected chi connectivity index (χ3v) is 6.20. The summed E-state index contributed by atoms with van der Waals surface area (Å²) in [5, 5.41) is 6.31. The lowest BCUT2D eigenvalue weighted by molar-refractivity contribution is 0.0806. The van der Waals surface area contributed by atoms with Crippen LogP contribution >= 0.6 is 0 Å². The van der Waals surface area contributed by atoms with Gasteiger partial charge in [0.2, 0.25) is 0 Å². The Balaban J connectivity index is 1.51. The first-order valence-corrected chi connectivity index (χ1v) is 11.1. The van der Waals surface area contributed by atoms with Crippen LogP contribution in [0.1, 0.15) is 51.4 Å². The lowest BCUT2D eigenvalue weighted by Crippen LogP contribution is -2.41. The van der Waals surface area contributed by atoms with Gasteiger partial charge in [0.25, 0.3) is 0 Å². The van der Waals surface area contributed by atoms with E-state index >= 15 is 0 Å². The van der Waals surface area contributed by atoms with E-state index in [0.717, 1.165) is 63.6 Å². The van der Waals surface area contributed by atoms with Gasteiger partial charge in [0.05, 0.1) is 11.4 Å². The highest BCUT2D eigenvalue weighted by atomic mass is 16.5. The fourth-order valence-electron chi connectivity index (χ4n) is 4.57. The molecular formula is C22H34N4O2. The number of nitrogens with zero attached hydrogens (tertiary/aromatic N) is 2. The number of piperidine rings is 2. The molecule has 3 heterocycles. The molecule has 28 heavy (non-hydrogen) atoms. The first kappa shape index (κ1) is 19.4. The van der Waals surface area contributed by atoms with Gasteiger partial charge in [-0.15, -0.1) is 0 Å². The Bertz CT molecular complexity index is 648. The van der Waals surface area contributed by atoms with E-state index < -0.39 is 0 Å². The van der Waals surface area contributed by atoms with Crippen LogP contribution in [0.15, 0.2) is 18.2 Å². The quantitative estimate of drug-likeness (QED) is 0.822. The third kappa shape index (κ3) is 4.90. The van der Waals surface area contributed by atoms with Crippen LogP contribution in [-0.2, 0) is 4.74 Å². The Morgan fingerprint density at radius 2 is 1.54 bits per heavy atom. The second kappa shape index (κ2) is 9.50. The SMILES string of the molecule is O=C(Nc1cc(N2CCCCC2)ccc1N1CCCCC1)NC1CCOCC1. The molecule has 0 aliphatic carbocycles. The molecule has 1 aromatic carbocycles. The van der Waals surface area contributed by atoms with Gasteiger partial charge in [-0.2, -0.15) is 0 Å². The highest BCUT2D eigenvalue weighted by molar-refractivity contribution is 5.94. The normalized spacial score (nSPS) is 21.4. The molecule has 3 aliphatic heterocycles. The monoisotopic (exact) mass is 386 g/mol. The van der Waals surface area contributed by atoms with E-state index in [4.69, 9.17) is 4.74 Å². The van der Waals surface area contributed by atoms with E-state index in [1.165, 1.54) is 44.2 Å². The molecule has 154 valence electrons. The molecule has 3 fully saturated rings. The molecule has 2 amide bonds. The first-order chi connectivity index (χ1) is 13.8. The Hall–Kier alpha value is -1.95. The van der Waals surface area contributed by atoms with E-state index in [1.54, 1.807) is 0 Å². The molecule has 6 heteroatoms. The molecule has 0 radical (unpaired) electrons. The zero-order chi connectivity index (χ0) is 19.2. The van der Waals surface area contributed by atoms with Gasteiger partial charge in [0.15, 0.2) is 0 Å². The average Bonchev–Trinajstić information content (AvgIpc) is 2.75. The van der Waals surface area contributed by atoms with Gasteiger partial charge in [0.1, 0.15) is 0 Å². The minimum atomic E-state index is -0.0963. The fraction of sp³-hybridized carbons (Fsp3) is 0.682. The summed E-state index contributed by atoms with van der Waals surface area (Å²) >= 11 is 0.